The number of thiazole rings is 1. The molecule has 1 aromatic heterocycles. The third-order valence-corrected chi connectivity index (χ3v) is 4.81. The summed E-state index contributed by atoms with van der Waals surface area (Å²) >= 11 is 1.87. The first-order valence-electron chi connectivity index (χ1n) is 7.19. The Balaban J connectivity index is 2.03. The summed E-state index contributed by atoms with van der Waals surface area (Å²) in [7, 11) is 3.88. The lowest BCUT2D eigenvalue weighted by atomic mass is 9.98. The first-order valence-corrected chi connectivity index (χ1v) is 8.01. The molecule has 0 aliphatic heterocycles. The Hall–Kier alpha value is -0.650. The van der Waals surface area contributed by atoms with Crippen LogP contribution in [0.25, 0.3) is 0 Å². The Morgan fingerprint density at radius 1 is 1.53 bits per heavy atom. The van der Waals surface area contributed by atoms with E-state index in [2.05, 4.69) is 24.2 Å². The first kappa shape index (κ1) is 14.8. The SMILES string of the molecule is CCNC1CCCc2sc(N(C)CCCOC)nc21. The van der Waals surface area contributed by atoms with E-state index in [1.807, 2.05) is 11.3 Å². The summed E-state index contributed by atoms with van der Waals surface area (Å²) in [6.07, 6.45) is 4.74. The van der Waals surface area contributed by atoms with Crippen LogP contribution in [-0.2, 0) is 11.2 Å². The van der Waals surface area contributed by atoms with Crippen molar-refractivity contribution in [3.8, 4) is 0 Å². The number of anilines is 1. The molecular formula is C14H25N3OS. The molecule has 1 atom stereocenters. The van der Waals surface area contributed by atoms with E-state index in [4.69, 9.17) is 9.72 Å². The van der Waals surface area contributed by atoms with Gasteiger partial charge in [0.05, 0.1) is 11.7 Å². The van der Waals surface area contributed by atoms with E-state index in [9.17, 15) is 0 Å². The van der Waals surface area contributed by atoms with Crippen molar-refractivity contribution in [1.29, 1.82) is 0 Å². The van der Waals surface area contributed by atoms with Crippen LogP contribution < -0.4 is 10.2 Å². The highest BCUT2D eigenvalue weighted by atomic mass is 32.1. The largest absolute Gasteiger partial charge is 0.385 e. The summed E-state index contributed by atoms with van der Waals surface area (Å²) in [6.45, 7) is 5.00. The van der Waals surface area contributed by atoms with E-state index in [1.54, 1.807) is 7.11 Å². The second kappa shape index (κ2) is 7.22. The van der Waals surface area contributed by atoms with Gasteiger partial charge in [-0.2, -0.15) is 0 Å². The number of nitrogens with zero attached hydrogens (tertiary/aromatic N) is 2. The van der Waals surface area contributed by atoms with E-state index >= 15 is 0 Å². The van der Waals surface area contributed by atoms with Gasteiger partial charge in [-0.1, -0.05) is 6.92 Å². The fourth-order valence-electron chi connectivity index (χ4n) is 2.56. The van der Waals surface area contributed by atoms with Crippen molar-refractivity contribution in [3.05, 3.63) is 10.6 Å². The van der Waals surface area contributed by atoms with Gasteiger partial charge < -0.3 is 15.0 Å². The van der Waals surface area contributed by atoms with Gasteiger partial charge in [-0.25, -0.2) is 4.98 Å². The van der Waals surface area contributed by atoms with E-state index in [1.165, 1.54) is 29.8 Å². The smallest absolute Gasteiger partial charge is 0.185 e. The molecule has 0 amide bonds. The van der Waals surface area contributed by atoms with Gasteiger partial charge in [0.25, 0.3) is 0 Å². The van der Waals surface area contributed by atoms with Crippen LogP contribution in [0, 0.1) is 0 Å². The zero-order valence-electron chi connectivity index (χ0n) is 12.2. The summed E-state index contributed by atoms with van der Waals surface area (Å²) in [6, 6.07) is 0.464. The van der Waals surface area contributed by atoms with Crippen molar-refractivity contribution >= 4 is 16.5 Å². The topological polar surface area (TPSA) is 37.4 Å². The van der Waals surface area contributed by atoms with Gasteiger partial charge in [-0.15, -0.1) is 11.3 Å². The van der Waals surface area contributed by atoms with Crippen molar-refractivity contribution in [2.75, 3.05) is 38.8 Å². The van der Waals surface area contributed by atoms with Crippen LogP contribution in [0.2, 0.25) is 0 Å². The number of hydrogen-bond acceptors (Lipinski definition) is 5. The molecule has 4 nitrogen and oxygen atoms in total. The highest BCUT2D eigenvalue weighted by Crippen LogP contribution is 2.36. The monoisotopic (exact) mass is 283 g/mol. The van der Waals surface area contributed by atoms with Crippen LogP contribution in [0.1, 0.15) is 42.8 Å². The Labute approximate surface area is 120 Å². The normalized spacial score (nSPS) is 18.4. The summed E-state index contributed by atoms with van der Waals surface area (Å²) in [4.78, 5) is 8.60. The van der Waals surface area contributed by atoms with Crippen molar-refractivity contribution in [1.82, 2.24) is 10.3 Å². The molecule has 0 saturated heterocycles. The Morgan fingerprint density at radius 2 is 2.37 bits per heavy atom. The molecule has 19 heavy (non-hydrogen) atoms. The van der Waals surface area contributed by atoms with Crippen molar-refractivity contribution in [2.24, 2.45) is 0 Å². The zero-order chi connectivity index (χ0) is 13.7. The van der Waals surface area contributed by atoms with Crippen LogP contribution in [0.15, 0.2) is 0 Å². The maximum atomic E-state index is 5.10. The molecule has 0 aromatic carbocycles. The number of methoxy groups -OCH3 is 1. The first-order chi connectivity index (χ1) is 9.26. The van der Waals surface area contributed by atoms with Crippen molar-refractivity contribution < 1.29 is 4.74 Å². The number of nitrogens with one attached hydrogen (secondary N) is 1. The van der Waals surface area contributed by atoms with Crippen LogP contribution >= 0.6 is 11.3 Å². The van der Waals surface area contributed by atoms with Crippen LogP contribution in [0.4, 0.5) is 5.13 Å². The quantitative estimate of drug-likeness (QED) is 0.781. The fraction of sp³-hybridized carbons (Fsp3) is 0.786. The number of rotatable bonds is 7. The minimum absolute atomic E-state index is 0.464. The lowest BCUT2D eigenvalue weighted by molar-refractivity contribution is 0.196. The molecule has 1 unspecified atom stereocenters. The second-order valence-electron chi connectivity index (χ2n) is 5.08. The molecule has 108 valence electrons. The molecule has 0 spiro atoms. The number of fused-ring (bicyclic) bond motifs is 1. The van der Waals surface area contributed by atoms with Crippen LogP contribution in [0.5, 0.6) is 0 Å². The lowest BCUT2D eigenvalue weighted by Crippen LogP contribution is -2.25. The maximum Gasteiger partial charge on any atom is 0.185 e. The number of aromatic nitrogens is 1. The average Bonchev–Trinajstić information content (AvgIpc) is 2.84. The predicted octanol–water partition coefficient (Wildman–Crippen LogP) is 2.60. The summed E-state index contributed by atoms with van der Waals surface area (Å²) in [5.74, 6) is 0. The molecule has 0 bridgehead atoms. The Morgan fingerprint density at radius 3 is 3.11 bits per heavy atom. The highest BCUT2D eigenvalue weighted by Gasteiger charge is 2.24. The fourth-order valence-corrected chi connectivity index (χ4v) is 3.71. The van der Waals surface area contributed by atoms with Gasteiger partial charge in [-0.3, -0.25) is 0 Å². The van der Waals surface area contributed by atoms with E-state index in [-0.39, 0.29) is 0 Å². The lowest BCUT2D eigenvalue weighted by Gasteiger charge is -2.21. The highest BCUT2D eigenvalue weighted by molar-refractivity contribution is 7.15. The minimum Gasteiger partial charge on any atom is -0.385 e. The molecule has 0 saturated carbocycles. The Bertz CT molecular complexity index is 394. The molecule has 1 aliphatic carbocycles. The number of hydrogen-bond donors (Lipinski definition) is 1. The Kier molecular flexibility index (Phi) is 5.60. The molecule has 1 heterocycles. The molecule has 1 aliphatic rings. The van der Waals surface area contributed by atoms with Gasteiger partial charge in [-0.05, 0) is 32.2 Å². The molecule has 2 rings (SSSR count). The van der Waals surface area contributed by atoms with Gasteiger partial charge in [0.1, 0.15) is 0 Å². The standard InChI is InChI=1S/C14H25N3OS/c1-4-15-11-7-5-8-12-13(11)16-14(19-12)17(2)9-6-10-18-3/h11,15H,4-10H2,1-3H3. The third kappa shape index (κ3) is 3.68. The van der Waals surface area contributed by atoms with Gasteiger partial charge in [0.15, 0.2) is 5.13 Å². The molecule has 5 heteroatoms. The summed E-state index contributed by atoms with van der Waals surface area (Å²) in [5.41, 5.74) is 1.30. The van der Waals surface area contributed by atoms with Crippen LogP contribution in [0.3, 0.4) is 0 Å². The second-order valence-corrected chi connectivity index (χ2v) is 6.14. The molecular weight excluding hydrogens is 258 g/mol. The average molecular weight is 283 g/mol. The number of aryl methyl sites for hydroxylation is 1. The van der Waals surface area contributed by atoms with Crippen molar-refractivity contribution in [3.63, 3.8) is 0 Å². The van der Waals surface area contributed by atoms with Crippen LogP contribution in [-0.4, -0.2) is 38.8 Å². The number of ether oxygens (including phenoxy) is 1. The predicted molar refractivity (Wildman–Crippen MR) is 81.2 cm³/mol. The maximum absolute atomic E-state index is 5.10. The molecule has 1 N–H and O–H groups in total. The molecule has 0 radical (unpaired) electrons. The van der Waals surface area contributed by atoms with E-state index < -0.39 is 0 Å². The third-order valence-electron chi connectivity index (χ3n) is 3.56. The van der Waals surface area contributed by atoms with E-state index in [0.717, 1.165) is 31.2 Å². The van der Waals surface area contributed by atoms with Crippen molar-refractivity contribution in [2.45, 2.75) is 38.6 Å². The van der Waals surface area contributed by atoms with Gasteiger partial charge >= 0.3 is 0 Å². The summed E-state index contributed by atoms with van der Waals surface area (Å²) < 4.78 is 5.10. The minimum atomic E-state index is 0.464. The zero-order valence-corrected chi connectivity index (χ0v) is 13.1. The van der Waals surface area contributed by atoms with E-state index in [0.29, 0.717) is 6.04 Å². The summed E-state index contributed by atoms with van der Waals surface area (Å²) in [5, 5.41) is 4.71. The van der Waals surface area contributed by atoms with Gasteiger partial charge in [0, 0.05) is 32.2 Å². The molecule has 0 fully saturated rings. The van der Waals surface area contributed by atoms with Gasteiger partial charge in [0.2, 0.25) is 0 Å². The molecule has 1 aromatic rings.